The molecule has 0 aromatic carbocycles. The highest BCUT2D eigenvalue weighted by molar-refractivity contribution is 5.84. The lowest BCUT2D eigenvalue weighted by molar-refractivity contribution is -0.144. The molecule has 0 atom stereocenters. The van der Waals surface area contributed by atoms with E-state index in [4.69, 9.17) is 10.5 Å². The maximum atomic E-state index is 11.2. The summed E-state index contributed by atoms with van der Waals surface area (Å²) in [6, 6.07) is 0. The highest BCUT2D eigenvalue weighted by Gasteiger charge is 2.06. The lowest BCUT2D eigenvalue weighted by atomic mass is 10.1. The van der Waals surface area contributed by atoms with Gasteiger partial charge in [-0.15, -0.1) is 0 Å². The van der Waals surface area contributed by atoms with Gasteiger partial charge in [0.15, 0.2) is 0 Å². The van der Waals surface area contributed by atoms with Crippen molar-refractivity contribution in [2.45, 2.75) is 58.3 Å². The van der Waals surface area contributed by atoms with Crippen LogP contribution in [0.15, 0.2) is 0 Å². The Kier molecular flexibility index (Phi) is 11.0. The van der Waals surface area contributed by atoms with Crippen molar-refractivity contribution in [1.29, 1.82) is 0 Å². The molecular formula is C13H25NO3. The second-order valence-corrected chi connectivity index (χ2v) is 4.23. The topological polar surface area (TPSA) is 69.4 Å². The molecule has 2 N–H and O–H groups in total. The molecule has 0 aliphatic carbocycles. The summed E-state index contributed by atoms with van der Waals surface area (Å²) in [5, 5.41) is 0. The van der Waals surface area contributed by atoms with Gasteiger partial charge in [0.25, 0.3) is 0 Å². The highest BCUT2D eigenvalue weighted by atomic mass is 16.5. The Morgan fingerprint density at radius 3 is 2.29 bits per heavy atom. The van der Waals surface area contributed by atoms with Gasteiger partial charge in [-0.2, -0.15) is 0 Å². The van der Waals surface area contributed by atoms with Gasteiger partial charge in [-0.05, 0) is 6.42 Å². The first-order valence-electron chi connectivity index (χ1n) is 6.58. The van der Waals surface area contributed by atoms with E-state index in [2.05, 4.69) is 6.92 Å². The number of carbonyl (C=O) groups is 2. The van der Waals surface area contributed by atoms with Crippen molar-refractivity contribution >= 4 is 11.8 Å². The number of hydrogen-bond donors (Lipinski definition) is 1. The summed E-state index contributed by atoms with van der Waals surface area (Å²) < 4.78 is 5.01. The van der Waals surface area contributed by atoms with Gasteiger partial charge in [0.1, 0.15) is 5.78 Å². The van der Waals surface area contributed by atoms with E-state index in [0.29, 0.717) is 6.61 Å². The lowest BCUT2D eigenvalue weighted by Crippen LogP contribution is -2.15. The van der Waals surface area contributed by atoms with Crippen LogP contribution in [0.5, 0.6) is 0 Å². The van der Waals surface area contributed by atoms with Crippen LogP contribution >= 0.6 is 0 Å². The van der Waals surface area contributed by atoms with E-state index in [1.807, 2.05) is 0 Å². The molecule has 17 heavy (non-hydrogen) atoms. The van der Waals surface area contributed by atoms with Crippen molar-refractivity contribution in [2.24, 2.45) is 5.73 Å². The predicted octanol–water partition coefficient (Wildman–Crippen LogP) is 2.20. The van der Waals surface area contributed by atoms with Crippen LogP contribution in [0.25, 0.3) is 0 Å². The molecule has 0 aromatic heterocycles. The van der Waals surface area contributed by atoms with E-state index in [9.17, 15) is 9.59 Å². The van der Waals surface area contributed by atoms with Crippen molar-refractivity contribution in [2.75, 3.05) is 13.2 Å². The van der Waals surface area contributed by atoms with E-state index in [0.717, 1.165) is 12.8 Å². The van der Waals surface area contributed by atoms with Crippen molar-refractivity contribution < 1.29 is 14.3 Å². The van der Waals surface area contributed by atoms with Crippen molar-refractivity contribution in [1.82, 2.24) is 0 Å². The molecule has 0 saturated carbocycles. The maximum Gasteiger partial charge on any atom is 0.306 e. The molecule has 0 fully saturated rings. The van der Waals surface area contributed by atoms with E-state index >= 15 is 0 Å². The van der Waals surface area contributed by atoms with Gasteiger partial charge in [0, 0.05) is 6.42 Å². The molecular weight excluding hydrogens is 218 g/mol. The van der Waals surface area contributed by atoms with Crippen LogP contribution in [-0.4, -0.2) is 24.9 Å². The molecule has 0 bridgehead atoms. The minimum Gasteiger partial charge on any atom is -0.466 e. The zero-order chi connectivity index (χ0) is 12.9. The van der Waals surface area contributed by atoms with Crippen LogP contribution in [-0.2, 0) is 14.3 Å². The Labute approximate surface area is 104 Å². The minimum atomic E-state index is -0.291. The number of hydrogen-bond acceptors (Lipinski definition) is 4. The monoisotopic (exact) mass is 243 g/mol. The molecule has 0 rings (SSSR count). The number of rotatable bonds is 11. The van der Waals surface area contributed by atoms with E-state index in [-0.39, 0.29) is 31.1 Å². The molecule has 0 radical (unpaired) electrons. The molecule has 100 valence electrons. The molecule has 0 aliphatic heterocycles. The van der Waals surface area contributed by atoms with Crippen molar-refractivity contribution in [3.05, 3.63) is 0 Å². The van der Waals surface area contributed by atoms with Crippen LogP contribution in [0.2, 0.25) is 0 Å². The van der Waals surface area contributed by atoms with Gasteiger partial charge in [0.2, 0.25) is 0 Å². The summed E-state index contributed by atoms with van der Waals surface area (Å²) in [5.74, 6) is -0.387. The predicted molar refractivity (Wildman–Crippen MR) is 67.6 cm³/mol. The molecule has 0 saturated heterocycles. The molecule has 0 heterocycles. The van der Waals surface area contributed by atoms with Crippen LogP contribution < -0.4 is 5.73 Å². The first-order chi connectivity index (χ1) is 8.20. The number of esters is 1. The van der Waals surface area contributed by atoms with Gasteiger partial charge < -0.3 is 10.5 Å². The standard InChI is InChI=1S/C13H25NO3/c1-2-3-4-5-6-7-10-17-13(16)9-8-12(15)11-14/h2-11,14H2,1H3. The fourth-order valence-corrected chi connectivity index (χ4v) is 1.48. The first-order valence-corrected chi connectivity index (χ1v) is 6.58. The van der Waals surface area contributed by atoms with Crippen LogP contribution in [0.3, 0.4) is 0 Å². The number of Topliss-reactive ketones (excluding diaryl/α,β-unsaturated/α-hetero) is 1. The Morgan fingerprint density at radius 1 is 1.00 bits per heavy atom. The molecule has 0 amide bonds. The number of unbranched alkanes of at least 4 members (excludes halogenated alkanes) is 5. The van der Waals surface area contributed by atoms with E-state index in [1.54, 1.807) is 0 Å². The molecule has 0 aromatic rings. The summed E-state index contributed by atoms with van der Waals surface area (Å²) in [6.45, 7) is 2.66. The zero-order valence-corrected chi connectivity index (χ0v) is 10.9. The minimum absolute atomic E-state index is 0.00467. The van der Waals surface area contributed by atoms with Crippen molar-refractivity contribution in [3.8, 4) is 0 Å². The quantitative estimate of drug-likeness (QED) is 0.446. The third-order valence-electron chi connectivity index (χ3n) is 2.60. The largest absolute Gasteiger partial charge is 0.466 e. The molecule has 0 unspecified atom stereocenters. The summed E-state index contributed by atoms with van der Waals surface area (Å²) in [4.78, 5) is 22.0. The fourth-order valence-electron chi connectivity index (χ4n) is 1.48. The third kappa shape index (κ3) is 11.4. The summed E-state index contributed by atoms with van der Waals surface area (Å²) >= 11 is 0. The first kappa shape index (κ1) is 16.1. The van der Waals surface area contributed by atoms with Crippen molar-refractivity contribution in [3.63, 3.8) is 0 Å². The van der Waals surface area contributed by atoms with Gasteiger partial charge in [-0.25, -0.2) is 0 Å². The number of carbonyl (C=O) groups excluding carboxylic acids is 2. The normalized spacial score (nSPS) is 10.2. The van der Waals surface area contributed by atoms with E-state index in [1.165, 1.54) is 25.7 Å². The SMILES string of the molecule is CCCCCCCCOC(=O)CCC(=O)CN. The van der Waals surface area contributed by atoms with Gasteiger partial charge in [-0.3, -0.25) is 9.59 Å². The summed E-state index contributed by atoms with van der Waals surface area (Å²) in [7, 11) is 0. The lowest BCUT2D eigenvalue weighted by Gasteiger charge is -2.04. The number of ether oxygens (including phenoxy) is 1. The molecule has 0 aliphatic rings. The molecule has 4 nitrogen and oxygen atoms in total. The van der Waals surface area contributed by atoms with Gasteiger partial charge in [0.05, 0.1) is 19.6 Å². The second-order valence-electron chi connectivity index (χ2n) is 4.23. The second kappa shape index (κ2) is 11.6. The average molecular weight is 243 g/mol. The van der Waals surface area contributed by atoms with Gasteiger partial charge >= 0.3 is 5.97 Å². The Morgan fingerprint density at radius 2 is 1.65 bits per heavy atom. The van der Waals surface area contributed by atoms with Crippen LogP contribution in [0.4, 0.5) is 0 Å². The summed E-state index contributed by atoms with van der Waals surface area (Å²) in [5.41, 5.74) is 5.14. The highest BCUT2D eigenvalue weighted by Crippen LogP contribution is 2.05. The Bertz CT molecular complexity index is 217. The van der Waals surface area contributed by atoms with Gasteiger partial charge in [-0.1, -0.05) is 39.0 Å². The molecule has 0 spiro atoms. The molecule has 4 heteroatoms. The number of nitrogens with two attached hydrogens (primary N) is 1. The zero-order valence-electron chi connectivity index (χ0n) is 10.9. The maximum absolute atomic E-state index is 11.2. The smallest absolute Gasteiger partial charge is 0.306 e. The van der Waals surface area contributed by atoms with Crippen LogP contribution in [0.1, 0.15) is 58.3 Å². The fraction of sp³-hybridized carbons (Fsp3) is 0.846. The van der Waals surface area contributed by atoms with E-state index < -0.39 is 0 Å². The average Bonchev–Trinajstić information content (AvgIpc) is 2.34. The van der Waals surface area contributed by atoms with Crippen LogP contribution in [0, 0.1) is 0 Å². The number of ketones is 1. The Balaban J connectivity index is 3.25. The third-order valence-corrected chi connectivity index (χ3v) is 2.60. The summed E-state index contributed by atoms with van der Waals surface area (Å²) in [6.07, 6.45) is 7.37. The Hall–Kier alpha value is -0.900.